The molecule has 0 fully saturated rings. The van der Waals surface area contributed by atoms with Crippen LogP contribution in [0.4, 0.5) is 5.69 Å². The van der Waals surface area contributed by atoms with E-state index in [2.05, 4.69) is 10.6 Å². The first kappa shape index (κ1) is 22.7. The Kier molecular flexibility index (Phi) is 7.75. The van der Waals surface area contributed by atoms with Crippen molar-refractivity contribution in [3.63, 3.8) is 0 Å². The Morgan fingerprint density at radius 3 is 1.81 bits per heavy atom. The van der Waals surface area contributed by atoms with Crippen molar-refractivity contribution in [2.75, 3.05) is 11.9 Å². The van der Waals surface area contributed by atoms with Crippen molar-refractivity contribution in [1.29, 1.82) is 0 Å². The number of anilines is 1. The smallest absolute Gasteiger partial charge is 0.338 e. The fourth-order valence-corrected chi connectivity index (χ4v) is 3.30. The Labute approximate surface area is 187 Å². The Hall–Kier alpha value is -3.93. The van der Waals surface area contributed by atoms with E-state index in [0.717, 1.165) is 11.1 Å². The van der Waals surface area contributed by atoms with Crippen LogP contribution in [0.1, 0.15) is 41.3 Å². The van der Waals surface area contributed by atoms with Gasteiger partial charge in [-0.05, 0) is 49.2 Å². The van der Waals surface area contributed by atoms with Crippen LogP contribution in [0.25, 0.3) is 0 Å². The summed E-state index contributed by atoms with van der Waals surface area (Å²) in [6.07, 6.45) is 0. The monoisotopic (exact) mass is 430 g/mol. The van der Waals surface area contributed by atoms with Gasteiger partial charge in [0.2, 0.25) is 11.8 Å². The van der Waals surface area contributed by atoms with Crippen molar-refractivity contribution < 1.29 is 19.1 Å². The summed E-state index contributed by atoms with van der Waals surface area (Å²) >= 11 is 0. The van der Waals surface area contributed by atoms with Crippen LogP contribution in [-0.2, 0) is 14.3 Å². The molecular formula is C26H26N2O4. The summed E-state index contributed by atoms with van der Waals surface area (Å²) in [6, 6.07) is 24.6. The topological polar surface area (TPSA) is 84.5 Å². The van der Waals surface area contributed by atoms with E-state index < -0.39 is 17.9 Å². The van der Waals surface area contributed by atoms with Crippen molar-refractivity contribution in [2.45, 2.75) is 25.8 Å². The number of carbonyl (C=O) groups is 3. The van der Waals surface area contributed by atoms with Crippen LogP contribution in [0.3, 0.4) is 0 Å². The van der Waals surface area contributed by atoms with E-state index >= 15 is 0 Å². The predicted octanol–water partition coefficient (Wildman–Crippen LogP) is 4.14. The first-order chi connectivity index (χ1) is 15.5. The number of nitrogens with one attached hydrogen (secondary N) is 2. The van der Waals surface area contributed by atoms with Gasteiger partial charge in [0, 0.05) is 5.69 Å². The second-order valence-corrected chi connectivity index (χ2v) is 7.27. The van der Waals surface area contributed by atoms with Crippen LogP contribution >= 0.6 is 0 Å². The molecule has 2 N–H and O–H groups in total. The molecule has 0 aliphatic heterocycles. The van der Waals surface area contributed by atoms with Gasteiger partial charge in [-0.3, -0.25) is 9.59 Å². The third-order valence-electron chi connectivity index (χ3n) is 4.94. The van der Waals surface area contributed by atoms with Gasteiger partial charge in [-0.1, -0.05) is 60.7 Å². The fourth-order valence-electron chi connectivity index (χ4n) is 3.30. The molecule has 0 aliphatic carbocycles. The highest BCUT2D eigenvalue weighted by Crippen LogP contribution is 2.25. The minimum atomic E-state index is -0.762. The van der Waals surface area contributed by atoms with Crippen molar-refractivity contribution in [3.8, 4) is 0 Å². The van der Waals surface area contributed by atoms with Crippen molar-refractivity contribution in [2.24, 2.45) is 0 Å². The molecule has 0 aromatic heterocycles. The average Bonchev–Trinajstić information content (AvgIpc) is 2.81. The maximum atomic E-state index is 13.2. The SMILES string of the molecule is CCOC(=O)c1ccc(NC(=O)[C@H](C)NC(=O)C(c2ccccc2)c2ccccc2)cc1. The van der Waals surface area contributed by atoms with Gasteiger partial charge in [0.1, 0.15) is 6.04 Å². The van der Waals surface area contributed by atoms with Crippen LogP contribution in [0.15, 0.2) is 84.9 Å². The zero-order valence-corrected chi connectivity index (χ0v) is 18.1. The maximum absolute atomic E-state index is 13.2. The van der Waals surface area contributed by atoms with E-state index in [-0.39, 0.29) is 11.8 Å². The molecule has 164 valence electrons. The number of esters is 1. The van der Waals surface area contributed by atoms with Crippen molar-refractivity contribution in [1.82, 2.24) is 5.32 Å². The number of rotatable bonds is 8. The molecule has 0 unspecified atom stereocenters. The number of hydrogen-bond acceptors (Lipinski definition) is 4. The molecule has 0 aliphatic rings. The van der Waals surface area contributed by atoms with E-state index in [9.17, 15) is 14.4 Å². The van der Waals surface area contributed by atoms with Gasteiger partial charge in [0.25, 0.3) is 0 Å². The van der Waals surface area contributed by atoms with Crippen molar-refractivity contribution >= 4 is 23.5 Å². The number of carbonyl (C=O) groups excluding carboxylic acids is 3. The van der Waals surface area contributed by atoms with E-state index in [1.54, 1.807) is 38.1 Å². The second kappa shape index (κ2) is 10.9. The molecule has 0 spiro atoms. The van der Waals surface area contributed by atoms with E-state index in [1.807, 2.05) is 60.7 Å². The molecular weight excluding hydrogens is 404 g/mol. The van der Waals surface area contributed by atoms with E-state index in [1.165, 1.54) is 0 Å². The summed E-state index contributed by atoms with van der Waals surface area (Å²) in [5.74, 6) is -1.57. The number of benzene rings is 3. The normalized spacial score (nSPS) is 11.5. The van der Waals surface area contributed by atoms with Gasteiger partial charge in [-0.2, -0.15) is 0 Å². The van der Waals surface area contributed by atoms with Gasteiger partial charge in [-0.25, -0.2) is 4.79 Å². The molecule has 0 saturated heterocycles. The Morgan fingerprint density at radius 2 is 1.31 bits per heavy atom. The molecule has 6 heteroatoms. The highest BCUT2D eigenvalue weighted by atomic mass is 16.5. The van der Waals surface area contributed by atoms with Crippen molar-refractivity contribution in [3.05, 3.63) is 102 Å². The first-order valence-corrected chi connectivity index (χ1v) is 10.5. The Morgan fingerprint density at radius 1 is 0.781 bits per heavy atom. The molecule has 0 saturated carbocycles. The van der Waals surface area contributed by atoms with Gasteiger partial charge >= 0.3 is 5.97 Å². The molecule has 0 heterocycles. The molecule has 1 atom stereocenters. The molecule has 0 radical (unpaired) electrons. The lowest BCUT2D eigenvalue weighted by Crippen LogP contribution is -2.43. The highest BCUT2D eigenvalue weighted by molar-refractivity contribution is 5.99. The minimum Gasteiger partial charge on any atom is -0.462 e. The number of amides is 2. The summed E-state index contributed by atoms with van der Waals surface area (Å²) in [5.41, 5.74) is 2.61. The molecule has 2 amide bonds. The second-order valence-electron chi connectivity index (χ2n) is 7.27. The average molecular weight is 431 g/mol. The molecule has 6 nitrogen and oxygen atoms in total. The zero-order chi connectivity index (χ0) is 22.9. The third-order valence-corrected chi connectivity index (χ3v) is 4.94. The van der Waals surface area contributed by atoms with Crippen LogP contribution in [0.5, 0.6) is 0 Å². The van der Waals surface area contributed by atoms with E-state index in [0.29, 0.717) is 17.9 Å². The van der Waals surface area contributed by atoms with Crippen LogP contribution in [0, 0.1) is 0 Å². The summed E-state index contributed by atoms with van der Waals surface area (Å²) in [6.45, 7) is 3.66. The standard InChI is InChI=1S/C26H26N2O4/c1-3-32-26(31)21-14-16-22(17-15-21)28-24(29)18(2)27-25(30)23(19-10-6-4-7-11-19)20-12-8-5-9-13-20/h4-18,23H,3H2,1-2H3,(H,27,30)(H,28,29)/t18-/m0/s1. The van der Waals surface area contributed by atoms with Gasteiger partial charge in [0.15, 0.2) is 0 Å². The van der Waals surface area contributed by atoms with Crippen LogP contribution in [-0.4, -0.2) is 30.4 Å². The van der Waals surface area contributed by atoms with E-state index in [4.69, 9.17) is 4.74 Å². The Balaban J connectivity index is 1.68. The predicted molar refractivity (Wildman–Crippen MR) is 123 cm³/mol. The lowest BCUT2D eigenvalue weighted by Gasteiger charge is -2.21. The first-order valence-electron chi connectivity index (χ1n) is 10.5. The van der Waals surface area contributed by atoms with Crippen LogP contribution < -0.4 is 10.6 Å². The molecule has 3 rings (SSSR count). The Bertz CT molecular complexity index is 1010. The largest absolute Gasteiger partial charge is 0.462 e. The van der Waals surface area contributed by atoms with Gasteiger partial charge in [-0.15, -0.1) is 0 Å². The molecule has 0 bridgehead atoms. The summed E-state index contributed by atoms with van der Waals surface area (Å²) in [7, 11) is 0. The summed E-state index contributed by atoms with van der Waals surface area (Å²) in [5, 5.41) is 5.58. The lowest BCUT2D eigenvalue weighted by atomic mass is 9.90. The highest BCUT2D eigenvalue weighted by Gasteiger charge is 2.25. The third kappa shape index (κ3) is 5.82. The molecule has 32 heavy (non-hydrogen) atoms. The summed E-state index contributed by atoms with van der Waals surface area (Å²) in [4.78, 5) is 37.5. The summed E-state index contributed by atoms with van der Waals surface area (Å²) < 4.78 is 4.95. The quantitative estimate of drug-likeness (QED) is 0.526. The number of hydrogen-bond donors (Lipinski definition) is 2. The zero-order valence-electron chi connectivity index (χ0n) is 18.1. The van der Waals surface area contributed by atoms with Gasteiger partial charge < -0.3 is 15.4 Å². The fraction of sp³-hybridized carbons (Fsp3) is 0.192. The lowest BCUT2D eigenvalue weighted by molar-refractivity contribution is -0.126. The molecule has 3 aromatic carbocycles. The van der Waals surface area contributed by atoms with Gasteiger partial charge in [0.05, 0.1) is 18.1 Å². The van der Waals surface area contributed by atoms with Crippen LogP contribution in [0.2, 0.25) is 0 Å². The number of ether oxygens (including phenoxy) is 1. The minimum absolute atomic E-state index is 0.261. The molecule has 3 aromatic rings. The maximum Gasteiger partial charge on any atom is 0.338 e.